The van der Waals surface area contributed by atoms with Gasteiger partial charge in [-0.1, -0.05) is 25.3 Å². The molecule has 0 fully saturated rings. The highest BCUT2D eigenvalue weighted by atomic mass is 32.1. The first kappa shape index (κ1) is 16.9. The van der Waals surface area contributed by atoms with E-state index in [1.54, 1.807) is 14.1 Å². The van der Waals surface area contributed by atoms with Crippen LogP contribution in [-0.2, 0) is 0 Å². The summed E-state index contributed by atoms with van der Waals surface area (Å²) < 4.78 is 0. The summed E-state index contributed by atoms with van der Waals surface area (Å²) in [6, 6.07) is 0. The molecule has 0 aliphatic rings. The molecule has 0 heterocycles. The summed E-state index contributed by atoms with van der Waals surface area (Å²) in [6.07, 6.45) is 0. The van der Waals surface area contributed by atoms with Crippen molar-refractivity contribution in [2.75, 3.05) is 14.1 Å². The van der Waals surface area contributed by atoms with E-state index < -0.39 is 5.24 Å². The lowest BCUT2D eigenvalue weighted by molar-refractivity contribution is 0.241. The Morgan fingerprint density at radius 3 is 1.36 bits per heavy atom. The van der Waals surface area contributed by atoms with Crippen molar-refractivity contribution in [3.8, 4) is 0 Å². The van der Waals surface area contributed by atoms with Crippen molar-refractivity contribution in [3.63, 3.8) is 0 Å². The number of nitrogens with zero attached hydrogens (tertiary/aromatic N) is 1. The van der Waals surface area contributed by atoms with Gasteiger partial charge in [0.2, 0.25) is 0 Å². The minimum atomic E-state index is -0.639. The minimum Gasteiger partial charge on any atom is -0.412 e. The number of amides is 2. The molecule has 5 nitrogen and oxygen atoms in total. The Hall–Kier alpha value is -0.400. The number of carbonyl (C=O) groups excluding carboxylic acids is 2. The molecular formula is C4H12N2O3S2. The maximum absolute atomic E-state index is 9.93. The van der Waals surface area contributed by atoms with Crippen molar-refractivity contribution in [1.29, 1.82) is 0 Å². The van der Waals surface area contributed by atoms with Gasteiger partial charge in [-0.3, -0.25) is 9.59 Å². The van der Waals surface area contributed by atoms with E-state index in [0.29, 0.717) is 0 Å². The van der Waals surface area contributed by atoms with Gasteiger partial charge < -0.3 is 16.1 Å². The molecule has 0 rings (SSSR count). The first-order valence-corrected chi connectivity index (χ1v) is 3.16. The van der Waals surface area contributed by atoms with Crippen molar-refractivity contribution < 1.29 is 15.1 Å². The lowest BCUT2D eigenvalue weighted by Crippen LogP contribution is -2.13. The Morgan fingerprint density at radius 1 is 1.27 bits per heavy atom. The van der Waals surface area contributed by atoms with E-state index in [1.807, 2.05) is 0 Å². The van der Waals surface area contributed by atoms with Crippen molar-refractivity contribution >= 4 is 35.7 Å². The zero-order chi connectivity index (χ0) is 8.73. The van der Waals surface area contributed by atoms with E-state index >= 15 is 0 Å². The van der Waals surface area contributed by atoms with Crippen LogP contribution in [0.15, 0.2) is 0 Å². The van der Waals surface area contributed by atoms with E-state index in [4.69, 9.17) is 4.79 Å². The van der Waals surface area contributed by atoms with Gasteiger partial charge in [-0.15, -0.1) is 0 Å². The molecule has 0 spiro atoms. The molecule has 7 heteroatoms. The van der Waals surface area contributed by atoms with Crippen LogP contribution in [0, 0.1) is 0 Å². The van der Waals surface area contributed by atoms with Gasteiger partial charge in [0.05, 0.1) is 0 Å². The van der Waals surface area contributed by atoms with Crippen molar-refractivity contribution in [1.82, 2.24) is 4.90 Å². The molecule has 0 aromatic heterocycles. The maximum Gasteiger partial charge on any atom is 0.278 e. The first-order valence-electron chi connectivity index (χ1n) is 2.26. The highest BCUT2D eigenvalue weighted by molar-refractivity contribution is 7.96. The Labute approximate surface area is 76.1 Å². The average molecular weight is 200 g/mol. The van der Waals surface area contributed by atoms with Crippen LogP contribution in [0.25, 0.3) is 0 Å². The number of thiol groups is 2. The van der Waals surface area contributed by atoms with Gasteiger partial charge in [0, 0.05) is 14.1 Å². The molecule has 4 N–H and O–H groups in total. The van der Waals surface area contributed by atoms with Crippen molar-refractivity contribution in [2.24, 2.45) is 5.73 Å². The number of hydrogen-bond acceptors (Lipinski definition) is 2. The number of hydrogen-bond donors (Lipinski definition) is 3. The van der Waals surface area contributed by atoms with Crippen LogP contribution < -0.4 is 5.73 Å². The smallest absolute Gasteiger partial charge is 0.278 e. The van der Waals surface area contributed by atoms with E-state index in [0.717, 1.165) is 0 Å². The van der Waals surface area contributed by atoms with E-state index in [9.17, 15) is 4.79 Å². The quantitative estimate of drug-likeness (QED) is 0.471. The van der Waals surface area contributed by atoms with Gasteiger partial charge >= 0.3 is 0 Å². The van der Waals surface area contributed by atoms with Crippen molar-refractivity contribution in [2.45, 2.75) is 0 Å². The second-order valence-corrected chi connectivity index (χ2v) is 2.34. The van der Waals surface area contributed by atoms with Gasteiger partial charge in [-0.2, -0.15) is 0 Å². The molecule has 0 aliphatic carbocycles. The highest BCUT2D eigenvalue weighted by Gasteiger charge is 1.89. The van der Waals surface area contributed by atoms with Crippen LogP contribution in [0.4, 0.5) is 9.59 Å². The van der Waals surface area contributed by atoms with Crippen LogP contribution >= 0.6 is 25.3 Å². The standard InChI is InChI=1S/C3H7NOS.CH3NOS.H2O/c1-4(2)3(5)6;2-1(3)4;/h1-2H3,(H,5,6);(H3,2,3,4);1H2. The van der Waals surface area contributed by atoms with E-state index in [2.05, 4.69) is 31.0 Å². The Balaban J connectivity index is -0.000000114. The Morgan fingerprint density at radius 2 is 1.36 bits per heavy atom. The van der Waals surface area contributed by atoms with Crippen LogP contribution in [0.3, 0.4) is 0 Å². The predicted molar refractivity (Wildman–Crippen MR) is 50.3 cm³/mol. The van der Waals surface area contributed by atoms with Crippen LogP contribution in [-0.4, -0.2) is 34.9 Å². The second-order valence-electron chi connectivity index (χ2n) is 1.52. The maximum atomic E-state index is 9.93. The molecule has 0 saturated carbocycles. The third kappa shape index (κ3) is 42.8. The molecule has 0 aromatic rings. The molecule has 0 aliphatic heterocycles. The molecule has 0 bridgehead atoms. The fourth-order valence-electron chi connectivity index (χ4n) is 0. The topological polar surface area (TPSA) is 94.9 Å². The fraction of sp³-hybridized carbons (Fsp3) is 0.500. The average Bonchev–Trinajstić information content (AvgIpc) is 1.63. The molecule has 0 radical (unpaired) electrons. The van der Waals surface area contributed by atoms with Gasteiger partial charge in [0.15, 0.2) is 0 Å². The zero-order valence-electron chi connectivity index (χ0n) is 6.24. The number of nitrogens with two attached hydrogens (primary N) is 1. The molecular weight excluding hydrogens is 188 g/mol. The second kappa shape index (κ2) is 9.60. The molecule has 0 atom stereocenters. The van der Waals surface area contributed by atoms with Crippen LogP contribution in [0.1, 0.15) is 0 Å². The summed E-state index contributed by atoms with van der Waals surface area (Å²) in [4.78, 5) is 20.4. The third-order valence-corrected chi connectivity index (χ3v) is 0.783. The normalized spacial score (nSPS) is 6.55. The molecule has 0 saturated heterocycles. The molecule has 0 aromatic carbocycles. The zero-order valence-corrected chi connectivity index (χ0v) is 8.02. The largest absolute Gasteiger partial charge is 0.412 e. The minimum absolute atomic E-state index is 0. The van der Waals surface area contributed by atoms with Gasteiger partial charge in [-0.25, -0.2) is 0 Å². The number of rotatable bonds is 0. The summed E-state index contributed by atoms with van der Waals surface area (Å²) in [5.41, 5.74) is 4.34. The molecule has 68 valence electrons. The molecule has 2 amide bonds. The molecule has 0 unspecified atom stereocenters. The summed E-state index contributed by atoms with van der Waals surface area (Å²) in [5, 5.41) is -0.852. The van der Waals surface area contributed by atoms with Crippen molar-refractivity contribution in [3.05, 3.63) is 0 Å². The lowest BCUT2D eigenvalue weighted by Gasteiger charge is -2.01. The predicted octanol–water partition coefficient (Wildman–Crippen LogP) is -0.232. The van der Waals surface area contributed by atoms with Crippen LogP contribution in [0.2, 0.25) is 0 Å². The van der Waals surface area contributed by atoms with E-state index in [1.165, 1.54) is 4.90 Å². The third-order valence-electron chi connectivity index (χ3n) is 0.383. The SMILES string of the molecule is CN(C)C(=O)S.NC(=O)S.O. The number of carbonyl (C=O) groups is 2. The van der Waals surface area contributed by atoms with Crippen LogP contribution in [0.5, 0.6) is 0 Å². The lowest BCUT2D eigenvalue weighted by atomic mass is 11.0. The summed E-state index contributed by atoms with van der Waals surface area (Å²) in [7, 11) is 3.30. The van der Waals surface area contributed by atoms with Gasteiger partial charge in [-0.05, 0) is 0 Å². The molecule has 11 heavy (non-hydrogen) atoms. The van der Waals surface area contributed by atoms with Gasteiger partial charge in [0.25, 0.3) is 10.5 Å². The first-order chi connectivity index (χ1) is 4.37. The fourth-order valence-corrected chi connectivity index (χ4v) is 0. The van der Waals surface area contributed by atoms with E-state index in [-0.39, 0.29) is 10.7 Å². The summed E-state index contributed by atoms with van der Waals surface area (Å²) >= 11 is 6.58. The van der Waals surface area contributed by atoms with Gasteiger partial charge in [0.1, 0.15) is 0 Å². The Bertz CT molecular complexity index is 125. The summed E-state index contributed by atoms with van der Waals surface area (Å²) in [6.45, 7) is 0. The highest BCUT2D eigenvalue weighted by Crippen LogP contribution is 1.82. The monoisotopic (exact) mass is 200 g/mol. The summed E-state index contributed by atoms with van der Waals surface area (Å²) in [5.74, 6) is 0. The number of primary amides is 1. The Kier molecular flexibility index (Phi) is 14.8.